The minimum Gasteiger partial charge on any atom is -0.505 e. The summed E-state index contributed by atoms with van der Waals surface area (Å²) in [6.45, 7) is 1.28. The van der Waals surface area contributed by atoms with Gasteiger partial charge in [0.05, 0.1) is 5.69 Å². The molecule has 5 aromatic rings. The minimum absolute atomic E-state index is 0.0738. The Bertz CT molecular complexity index is 1750. The van der Waals surface area contributed by atoms with Crippen LogP contribution in [-0.4, -0.2) is 35.5 Å². The van der Waals surface area contributed by atoms with Crippen LogP contribution in [0.4, 0.5) is 33.3 Å². The molecular weight excluding hydrogens is 515 g/mol. The smallest absolute Gasteiger partial charge is 0.299 e. The van der Waals surface area contributed by atoms with Gasteiger partial charge in [0.25, 0.3) is 5.56 Å². The van der Waals surface area contributed by atoms with Crippen molar-refractivity contribution in [2.45, 2.75) is 6.92 Å². The fourth-order valence-electron chi connectivity index (χ4n) is 3.66. The Morgan fingerprint density at radius 1 is 0.895 bits per heavy atom. The van der Waals surface area contributed by atoms with Crippen LogP contribution in [0.1, 0.15) is 5.69 Å². The van der Waals surface area contributed by atoms with Gasteiger partial charge in [0.1, 0.15) is 11.4 Å². The van der Waals surface area contributed by atoms with Crippen molar-refractivity contribution < 1.29 is 27.1 Å². The van der Waals surface area contributed by atoms with Crippen LogP contribution in [0.2, 0.25) is 0 Å². The van der Waals surface area contributed by atoms with Crippen molar-refractivity contribution in [3.05, 3.63) is 87.6 Å². The molecule has 10 nitrogen and oxygen atoms in total. The number of hydrogen-bond acceptors (Lipinski definition) is 7. The van der Waals surface area contributed by atoms with Crippen molar-refractivity contribution in [3.8, 4) is 34.0 Å². The second-order valence-corrected chi connectivity index (χ2v) is 7.83. The van der Waals surface area contributed by atoms with Crippen LogP contribution in [0.25, 0.3) is 28.2 Å². The van der Waals surface area contributed by atoms with Gasteiger partial charge in [-0.3, -0.25) is 9.89 Å². The number of para-hydroxylation sites is 1. The lowest BCUT2D eigenvalue weighted by molar-refractivity contribution is 0.373. The molecule has 3 N–H and O–H groups in total. The minimum atomic E-state index is -2.36. The zero-order valence-electron chi connectivity index (χ0n) is 19.0. The molecule has 192 valence electrons. The first-order chi connectivity index (χ1) is 18.2. The highest BCUT2D eigenvalue weighted by atomic mass is 19.2. The van der Waals surface area contributed by atoms with Crippen LogP contribution in [0, 0.1) is 36.0 Å². The molecule has 38 heavy (non-hydrogen) atoms. The second-order valence-electron chi connectivity index (χ2n) is 7.83. The lowest BCUT2D eigenvalue weighted by atomic mass is 10.0. The van der Waals surface area contributed by atoms with Gasteiger partial charge in [-0.05, 0) is 29.8 Å². The lowest BCUT2D eigenvalue weighted by Crippen LogP contribution is -2.19. The molecule has 3 aromatic carbocycles. The monoisotopic (exact) mass is 528 g/mol. The Morgan fingerprint density at radius 3 is 2.24 bits per heavy atom. The number of azo groups is 1. The number of hydrogen-bond donors (Lipinski definition) is 3. The standard InChI is InChI=1S/C23H13F5N8O2/c1-9-19(23(38)36(33-9)20-17(27)15(25)14(24)16(26)18(20)28)30-29-13-7-3-6-12(21(13)37)10-4-2-5-11(8-10)22-31-34-35-32-22/h2-8,33,37H,1H3,(H,31,32,34,35). The van der Waals surface area contributed by atoms with Crippen molar-refractivity contribution in [1.82, 2.24) is 30.4 Å². The average molecular weight is 528 g/mol. The number of aryl methyl sites for hydroxylation is 1. The van der Waals surface area contributed by atoms with E-state index in [9.17, 15) is 31.9 Å². The highest BCUT2D eigenvalue weighted by molar-refractivity contribution is 5.78. The fraction of sp³-hybridized carbons (Fsp3) is 0.0435. The summed E-state index contributed by atoms with van der Waals surface area (Å²) in [5, 5.41) is 34.3. The van der Waals surface area contributed by atoms with E-state index in [1.165, 1.54) is 13.0 Å². The fourth-order valence-corrected chi connectivity index (χ4v) is 3.66. The molecule has 0 spiro atoms. The van der Waals surface area contributed by atoms with Crippen molar-refractivity contribution in [2.75, 3.05) is 0 Å². The largest absolute Gasteiger partial charge is 0.505 e. The molecule has 2 heterocycles. The van der Waals surface area contributed by atoms with Gasteiger partial charge in [-0.1, -0.05) is 30.3 Å². The first-order valence-corrected chi connectivity index (χ1v) is 10.6. The summed E-state index contributed by atoms with van der Waals surface area (Å²) >= 11 is 0. The van der Waals surface area contributed by atoms with E-state index in [2.05, 4.69) is 36.0 Å². The van der Waals surface area contributed by atoms with E-state index in [4.69, 9.17) is 0 Å². The number of nitrogens with one attached hydrogen (secondary N) is 2. The predicted molar refractivity (Wildman–Crippen MR) is 122 cm³/mol. The van der Waals surface area contributed by atoms with Crippen molar-refractivity contribution in [3.63, 3.8) is 0 Å². The first kappa shape index (κ1) is 24.5. The highest BCUT2D eigenvalue weighted by Gasteiger charge is 2.29. The number of rotatable bonds is 5. The normalized spacial score (nSPS) is 11.5. The Kier molecular flexibility index (Phi) is 6.02. The number of aromatic hydroxyl groups is 1. The van der Waals surface area contributed by atoms with Crippen molar-refractivity contribution >= 4 is 11.4 Å². The Hall–Kier alpha value is -5.21. The summed E-state index contributed by atoms with van der Waals surface area (Å²) in [6.07, 6.45) is 0. The van der Waals surface area contributed by atoms with Crippen molar-refractivity contribution in [2.24, 2.45) is 10.2 Å². The molecule has 15 heteroatoms. The van der Waals surface area contributed by atoms with Gasteiger partial charge in [0.15, 0.2) is 34.7 Å². The third-order valence-electron chi connectivity index (χ3n) is 5.50. The number of aromatic amines is 2. The van der Waals surface area contributed by atoms with Gasteiger partial charge >= 0.3 is 0 Å². The van der Waals surface area contributed by atoms with Gasteiger partial charge < -0.3 is 5.11 Å². The molecule has 0 aliphatic heterocycles. The number of phenols is 1. The van der Waals surface area contributed by atoms with Gasteiger partial charge in [0.2, 0.25) is 11.6 Å². The Labute approximate surface area is 208 Å². The molecule has 2 aromatic heterocycles. The number of aromatic nitrogens is 6. The predicted octanol–water partition coefficient (Wildman–Crippen LogP) is 5.14. The molecule has 5 rings (SSSR count). The summed E-state index contributed by atoms with van der Waals surface area (Å²) in [6, 6.07) is 11.4. The second kappa shape index (κ2) is 9.34. The summed E-state index contributed by atoms with van der Waals surface area (Å²) < 4.78 is 69.3. The van der Waals surface area contributed by atoms with Crippen LogP contribution in [-0.2, 0) is 0 Å². The van der Waals surface area contributed by atoms with Crippen LogP contribution >= 0.6 is 0 Å². The third-order valence-corrected chi connectivity index (χ3v) is 5.50. The van der Waals surface area contributed by atoms with E-state index in [0.717, 1.165) is 0 Å². The highest BCUT2D eigenvalue weighted by Crippen LogP contribution is 2.38. The molecule has 0 fully saturated rings. The number of benzene rings is 3. The summed E-state index contributed by atoms with van der Waals surface area (Å²) in [5.74, 6) is -11.2. The summed E-state index contributed by atoms with van der Waals surface area (Å²) in [5.41, 5.74) is -1.87. The molecule has 0 amide bonds. The molecule has 0 saturated carbocycles. The Balaban J connectivity index is 1.53. The average Bonchev–Trinajstić information content (AvgIpc) is 3.55. The van der Waals surface area contributed by atoms with Crippen LogP contribution in [0.5, 0.6) is 5.75 Å². The maximum Gasteiger partial charge on any atom is 0.299 e. The summed E-state index contributed by atoms with van der Waals surface area (Å²) in [4.78, 5) is 12.8. The topological polar surface area (TPSA) is 137 Å². The molecule has 0 aliphatic rings. The molecule has 0 radical (unpaired) electrons. The molecule has 0 bridgehead atoms. The molecule has 0 saturated heterocycles. The first-order valence-electron chi connectivity index (χ1n) is 10.6. The van der Waals surface area contributed by atoms with Gasteiger partial charge in [-0.15, -0.1) is 20.4 Å². The van der Waals surface area contributed by atoms with E-state index >= 15 is 0 Å². The SMILES string of the molecule is Cc1[nH]n(-c2c(F)c(F)c(F)c(F)c2F)c(=O)c1N=Nc1cccc(-c2cccc(-c3nn[nH]n3)c2)c1O. The van der Waals surface area contributed by atoms with E-state index < -0.39 is 46.0 Å². The quantitative estimate of drug-likeness (QED) is 0.126. The maximum absolute atomic E-state index is 14.2. The maximum atomic E-state index is 14.2. The van der Waals surface area contributed by atoms with Crippen LogP contribution < -0.4 is 5.56 Å². The lowest BCUT2D eigenvalue weighted by Gasteiger charge is -2.08. The molecule has 0 aliphatic carbocycles. The molecule has 0 atom stereocenters. The number of H-pyrrole nitrogens is 2. The van der Waals surface area contributed by atoms with Crippen LogP contribution in [0.3, 0.4) is 0 Å². The Morgan fingerprint density at radius 2 is 1.55 bits per heavy atom. The van der Waals surface area contributed by atoms with Crippen LogP contribution in [0.15, 0.2) is 57.5 Å². The third kappa shape index (κ3) is 3.99. The van der Waals surface area contributed by atoms with E-state index in [1.807, 2.05) is 0 Å². The van der Waals surface area contributed by atoms with Crippen molar-refractivity contribution in [1.29, 1.82) is 0 Å². The number of phenolic OH excluding ortho intramolecular Hbond substituents is 1. The summed E-state index contributed by atoms with van der Waals surface area (Å²) in [7, 11) is 0. The van der Waals surface area contributed by atoms with Gasteiger partial charge in [-0.2, -0.15) is 5.21 Å². The van der Waals surface area contributed by atoms with Gasteiger partial charge in [0, 0.05) is 11.1 Å². The zero-order valence-corrected chi connectivity index (χ0v) is 19.0. The number of halogens is 5. The van der Waals surface area contributed by atoms with E-state index in [0.29, 0.717) is 22.5 Å². The molecular formula is C23H13F5N8O2. The number of nitrogens with zero attached hydrogens (tertiary/aromatic N) is 6. The van der Waals surface area contributed by atoms with Gasteiger partial charge in [-0.25, -0.2) is 26.6 Å². The van der Waals surface area contributed by atoms with E-state index in [-0.39, 0.29) is 21.8 Å². The van der Waals surface area contributed by atoms with E-state index in [1.54, 1.807) is 36.4 Å². The molecule has 0 unspecified atom stereocenters. The number of tetrazole rings is 1. The zero-order chi connectivity index (χ0) is 27.1.